The lowest BCUT2D eigenvalue weighted by atomic mass is 10.1. The van der Waals surface area contributed by atoms with Gasteiger partial charge in [-0.3, -0.25) is 4.79 Å². The standard InChI is InChI=1S/C13H16BrN3O/c14-12(16)7-6-11(15)13(18)17-9-8-10-4-2-1-3-5-10/h1-7H,8-9,15-16H2,(H,17,18)/b11-6-,12-7-. The van der Waals surface area contributed by atoms with Crippen LogP contribution in [0, 0.1) is 0 Å². The van der Waals surface area contributed by atoms with Crippen molar-refractivity contribution < 1.29 is 4.79 Å². The van der Waals surface area contributed by atoms with Gasteiger partial charge in [0.15, 0.2) is 0 Å². The second-order valence-corrected chi connectivity index (χ2v) is 4.58. The first kappa shape index (κ1) is 14.3. The molecule has 0 aliphatic rings. The number of carbonyl (C=O) groups excluding carboxylic acids is 1. The first-order valence-electron chi connectivity index (χ1n) is 5.50. The Bertz CT molecular complexity index is 451. The van der Waals surface area contributed by atoms with Crippen LogP contribution in [0.2, 0.25) is 0 Å². The fourth-order valence-electron chi connectivity index (χ4n) is 1.31. The third-order valence-corrected chi connectivity index (χ3v) is 2.49. The van der Waals surface area contributed by atoms with Crippen LogP contribution in [0.25, 0.3) is 0 Å². The molecule has 96 valence electrons. The van der Waals surface area contributed by atoms with E-state index in [0.29, 0.717) is 11.2 Å². The van der Waals surface area contributed by atoms with Crippen LogP contribution in [0.4, 0.5) is 0 Å². The Morgan fingerprint density at radius 3 is 2.50 bits per heavy atom. The second kappa shape index (κ2) is 7.55. The molecule has 1 rings (SSSR count). The molecule has 0 saturated carbocycles. The SMILES string of the molecule is N/C(=C\C=C(/N)Br)C(=O)NCCc1ccccc1. The maximum absolute atomic E-state index is 11.6. The highest BCUT2D eigenvalue weighted by Crippen LogP contribution is 1.99. The van der Waals surface area contributed by atoms with Gasteiger partial charge >= 0.3 is 0 Å². The van der Waals surface area contributed by atoms with Crippen molar-refractivity contribution in [2.24, 2.45) is 11.5 Å². The minimum atomic E-state index is -0.295. The molecule has 0 atom stereocenters. The molecule has 1 aromatic rings. The molecular weight excluding hydrogens is 294 g/mol. The van der Waals surface area contributed by atoms with Crippen molar-refractivity contribution in [3.63, 3.8) is 0 Å². The summed E-state index contributed by atoms with van der Waals surface area (Å²) >= 11 is 3.04. The van der Waals surface area contributed by atoms with E-state index in [1.54, 1.807) is 0 Å². The largest absolute Gasteiger partial charge is 0.394 e. The van der Waals surface area contributed by atoms with Crippen LogP contribution in [0.15, 0.2) is 52.8 Å². The van der Waals surface area contributed by atoms with E-state index in [4.69, 9.17) is 11.5 Å². The quantitative estimate of drug-likeness (QED) is 0.437. The highest BCUT2D eigenvalue weighted by Gasteiger charge is 2.02. The molecule has 0 spiro atoms. The number of nitrogens with two attached hydrogens (primary N) is 2. The molecule has 0 radical (unpaired) electrons. The topological polar surface area (TPSA) is 81.1 Å². The zero-order valence-electron chi connectivity index (χ0n) is 9.90. The van der Waals surface area contributed by atoms with Crippen LogP contribution in [-0.2, 0) is 11.2 Å². The van der Waals surface area contributed by atoms with Gasteiger partial charge in [-0.25, -0.2) is 0 Å². The molecular formula is C13H16BrN3O. The van der Waals surface area contributed by atoms with E-state index in [1.165, 1.54) is 17.7 Å². The molecule has 0 bridgehead atoms. The van der Waals surface area contributed by atoms with Crippen LogP contribution < -0.4 is 16.8 Å². The van der Waals surface area contributed by atoms with Crippen molar-refractivity contribution in [1.82, 2.24) is 5.32 Å². The summed E-state index contributed by atoms with van der Waals surface area (Å²) < 4.78 is 0.419. The van der Waals surface area contributed by atoms with Gasteiger partial charge in [0.05, 0.1) is 10.3 Å². The first-order valence-corrected chi connectivity index (χ1v) is 6.29. The summed E-state index contributed by atoms with van der Waals surface area (Å²) in [6.07, 6.45) is 3.75. The highest BCUT2D eigenvalue weighted by atomic mass is 79.9. The lowest BCUT2D eigenvalue weighted by Gasteiger charge is -2.05. The number of allylic oxidation sites excluding steroid dienone is 2. The molecule has 0 unspecified atom stereocenters. The number of hydrogen-bond acceptors (Lipinski definition) is 3. The van der Waals surface area contributed by atoms with Gasteiger partial charge in [-0.15, -0.1) is 0 Å². The predicted octanol–water partition coefficient (Wildman–Crippen LogP) is 1.38. The summed E-state index contributed by atoms with van der Waals surface area (Å²) in [5.74, 6) is -0.295. The smallest absolute Gasteiger partial charge is 0.267 e. The number of hydrogen-bond donors (Lipinski definition) is 3. The molecule has 0 aromatic heterocycles. The number of carbonyl (C=O) groups is 1. The molecule has 18 heavy (non-hydrogen) atoms. The van der Waals surface area contributed by atoms with Crippen molar-refractivity contribution in [2.45, 2.75) is 6.42 Å². The van der Waals surface area contributed by atoms with Gasteiger partial charge in [-0.05, 0) is 40.1 Å². The first-order chi connectivity index (χ1) is 8.59. The Morgan fingerprint density at radius 1 is 1.22 bits per heavy atom. The Balaban J connectivity index is 2.38. The van der Waals surface area contributed by atoms with Crippen LogP contribution in [0.3, 0.4) is 0 Å². The number of nitrogens with one attached hydrogen (secondary N) is 1. The summed E-state index contributed by atoms with van der Waals surface area (Å²) in [6, 6.07) is 9.92. The molecule has 0 heterocycles. The van der Waals surface area contributed by atoms with Gasteiger partial charge in [0.2, 0.25) is 0 Å². The zero-order chi connectivity index (χ0) is 13.4. The number of benzene rings is 1. The molecule has 0 fully saturated rings. The lowest BCUT2D eigenvalue weighted by Crippen LogP contribution is -2.30. The molecule has 0 aliphatic carbocycles. The fraction of sp³-hybridized carbons (Fsp3) is 0.154. The second-order valence-electron chi connectivity index (χ2n) is 3.67. The third kappa shape index (κ3) is 5.54. The predicted molar refractivity (Wildman–Crippen MR) is 76.6 cm³/mol. The Labute approximate surface area is 115 Å². The summed E-state index contributed by atoms with van der Waals surface area (Å²) in [4.78, 5) is 11.6. The molecule has 0 aliphatic heterocycles. The van der Waals surface area contributed by atoms with Gasteiger partial charge in [0.25, 0.3) is 5.91 Å². The van der Waals surface area contributed by atoms with Gasteiger partial charge < -0.3 is 16.8 Å². The van der Waals surface area contributed by atoms with E-state index in [0.717, 1.165) is 6.42 Å². The molecule has 0 saturated heterocycles. The van der Waals surface area contributed by atoms with E-state index in [9.17, 15) is 4.79 Å². The highest BCUT2D eigenvalue weighted by molar-refractivity contribution is 9.11. The lowest BCUT2D eigenvalue weighted by molar-refractivity contribution is -0.117. The number of halogens is 1. The van der Waals surface area contributed by atoms with Crippen LogP contribution in [0.1, 0.15) is 5.56 Å². The zero-order valence-corrected chi connectivity index (χ0v) is 11.5. The van der Waals surface area contributed by atoms with Crippen LogP contribution in [0.5, 0.6) is 0 Å². The van der Waals surface area contributed by atoms with E-state index in [2.05, 4.69) is 21.2 Å². The Morgan fingerprint density at radius 2 is 1.89 bits per heavy atom. The average molecular weight is 310 g/mol. The summed E-state index contributed by atoms with van der Waals surface area (Å²) in [5.41, 5.74) is 12.2. The van der Waals surface area contributed by atoms with E-state index < -0.39 is 0 Å². The maximum atomic E-state index is 11.6. The van der Waals surface area contributed by atoms with Crippen LogP contribution in [-0.4, -0.2) is 12.5 Å². The minimum absolute atomic E-state index is 0.130. The molecule has 1 aromatic carbocycles. The van der Waals surface area contributed by atoms with Crippen molar-refractivity contribution in [3.05, 3.63) is 58.4 Å². The Hall–Kier alpha value is -1.75. The summed E-state index contributed by atoms with van der Waals surface area (Å²) in [5, 5.41) is 2.74. The van der Waals surface area contributed by atoms with Crippen LogP contribution >= 0.6 is 15.9 Å². The minimum Gasteiger partial charge on any atom is -0.394 e. The van der Waals surface area contributed by atoms with E-state index in [1.807, 2.05) is 30.3 Å². The molecule has 4 nitrogen and oxygen atoms in total. The molecule has 5 N–H and O–H groups in total. The summed E-state index contributed by atoms with van der Waals surface area (Å²) in [6.45, 7) is 0.547. The van der Waals surface area contributed by atoms with Gasteiger partial charge in [-0.1, -0.05) is 30.3 Å². The monoisotopic (exact) mass is 309 g/mol. The fourth-order valence-corrected chi connectivity index (χ4v) is 1.44. The van der Waals surface area contributed by atoms with Crippen molar-refractivity contribution in [1.29, 1.82) is 0 Å². The van der Waals surface area contributed by atoms with E-state index >= 15 is 0 Å². The third-order valence-electron chi connectivity index (χ3n) is 2.23. The van der Waals surface area contributed by atoms with Gasteiger partial charge in [-0.2, -0.15) is 0 Å². The number of rotatable bonds is 5. The van der Waals surface area contributed by atoms with Gasteiger partial charge in [0, 0.05) is 6.54 Å². The Kier molecular flexibility index (Phi) is 6.00. The molecule has 5 heteroatoms. The molecule has 1 amide bonds. The van der Waals surface area contributed by atoms with Crippen molar-refractivity contribution >= 4 is 21.8 Å². The van der Waals surface area contributed by atoms with Crippen molar-refractivity contribution in [3.8, 4) is 0 Å². The van der Waals surface area contributed by atoms with Gasteiger partial charge in [0.1, 0.15) is 0 Å². The number of amides is 1. The van der Waals surface area contributed by atoms with E-state index in [-0.39, 0.29) is 11.6 Å². The summed E-state index contributed by atoms with van der Waals surface area (Å²) in [7, 11) is 0. The maximum Gasteiger partial charge on any atom is 0.267 e. The van der Waals surface area contributed by atoms with Crippen molar-refractivity contribution in [2.75, 3.05) is 6.54 Å². The normalized spacial score (nSPS) is 12.3. The average Bonchev–Trinajstić information content (AvgIpc) is 2.37.